The van der Waals surface area contributed by atoms with E-state index in [9.17, 15) is 0 Å². The van der Waals surface area contributed by atoms with Crippen LogP contribution in [-0.2, 0) is 6.54 Å². The third-order valence-corrected chi connectivity index (χ3v) is 3.40. The minimum absolute atomic E-state index is 0.584. The summed E-state index contributed by atoms with van der Waals surface area (Å²) in [6.45, 7) is 4.98. The van der Waals surface area contributed by atoms with Gasteiger partial charge in [0.25, 0.3) is 0 Å². The number of aromatic nitrogens is 1. The van der Waals surface area contributed by atoms with Gasteiger partial charge in [0.05, 0.1) is 10.5 Å². The van der Waals surface area contributed by atoms with Crippen LogP contribution in [0.5, 0.6) is 0 Å². The van der Waals surface area contributed by atoms with E-state index in [1.165, 1.54) is 10.9 Å². The van der Waals surface area contributed by atoms with Crippen molar-refractivity contribution in [1.82, 2.24) is 9.88 Å². The number of pyridine rings is 1. The Hall–Kier alpha value is -1.52. The highest BCUT2D eigenvalue weighted by atomic mass is 32.1. The minimum Gasteiger partial charge on any atom is -0.393 e. The van der Waals surface area contributed by atoms with Gasteiger partial charge < -0.3 is 5.73 Å². The Morgan fingerprint density at radius 3 is 2.95 bits per heavy atom. The largest absolute Gasteiger partial charge is 0.393 e. The van der Waals surface area contributed by atoms with Crippen molar-refractivity contribution in [2.75, 3.05) is 13.1 Å². The number of hydrogen-bond donors (Lipinski definition) is 1. The first-order chi connectivity index (χ1) is 9.19. The van der Waals surface area contributed by atoms with Gasteiger partial charge in [-0.25, -0.2) is 0 Å². The van der Waals surface area contributed by atoms with E-state index in [0.29, 0.717) is 4.99 Å². The highest BCUT2D eigenvalue weighted by molar-refractivity contribution is 7.80. The number of benzene rings is 1. The molecule has 0 saturated carbocycles. The van der Waals surface area contributed by atoms with Crippen LogP contribution in [-0.4, -0.2) is 28.0 Å². The molecule has 0 fully saturated rings. The van der Waals surface area contributed by atoms with Crippen LogP contribution < -0.4 is 5.73 Å². The number of rotatable bonds is 6. The first-order valence-corrected chi connectivity index (χ1v) is 6.94. The molecule has 0 spiro atoms. The zero-order chi connectivity index (χ0) is 13.7. The number of thiocarbonyl (C=S) groups is 1. The molecule has 0 aliphatic rings. The van der Waals surface area contributed by atoms with Crippen LogP contribution in [0.2, 0.25) is 0 Å². The van der Waals surface area contributed by atoms with Gasteiger partial charge in [-0.05, 0) is 30.3 Å². The quantitative estimate of drug-likeness (QED) is 0.822. The maximum atomic E-state index is 5.56. The third kappa shape index (κ3) is 3.98. The van der Waals surface area contributed by atoms with Gasteiger partial charge in [-0.15, -0.1) is 0 Å². The Labute approximate surface area is 119 Å². The summed E-state index contributed by atoms with van der Waals surface area (Å²) in [4.78, 5) is 7.26. The van der Waals surface area contributed by atoms with Crippen molar-refractivity contribution < 1.29 is 0 Å². The van der Waals surface area contributed by atoms with Crippen LogP contribution in [0.25, 0.3) is 10.9 Å². The predicted octanol–water partition coefficient (Wildman–Crippen LogP) is 2.73. The molecule has 1 heterocycles. The summed E-state index contributed by atoms with van der Waals surface area (Å²) in [7, 11) is 0. The Balaban J connectivity index is 2.08. The SMILES string of the molecule is CCN(CCC(N)=S)Cc1ccc2ncccc2c1. The number of fused-ring (bicyclic) bond motifs is 1. The molecule has 19 heavy (non-hydrogen) atoms. The number of hydrogen-bond acceptors (Lipinski definition) is 3. The van der Waals surface area contributed by atoms with Crippen molar-refractivity contribution in [3.05, 3.63) is 42.1 Å². The molecule has 0 aliphatic heterocycles. The summed E-state index contributed by atoms with van der Waals surface area (Å²) < 4.78 is 0. The van der Waals surface area contributed by atoms with E-state index in [1.54, 1.807) is 0 Å². The molecule has 2 rings (SSSR count). The van der Waals surface area contributed by atoms with Crippen molar-refractivity contribution in [3.63, 3.8) is 0 Å². The highest BCUT2D eigenvalue weighted by Crippen LogP contribution is 2.15. The average Bonchev–Trinajstić information content (AvgIpc) is 2.43. The number of nitrogens with zero attached hydrogens (tertiary/aromatic N) is 2. The van der Waals surface area contributed by atoms with Crippen LogP contribution in [0.4, 0.5) is 0 Å². The van der Waals surface area contributed by atoms with Gasteiger partial charge in [0, 0.05) is 31.1 Å². The van der Waals surface area contributed by atoms with Gasteiger partial charge in [-0.3, -0.25) is 9.88 Å². The Morgan fingerprint density at radius 1 is 1.37 bits per heavy atom. The monoisotopic (exact) mass is 273 g/mol. The van der Waals surface area contributed by atoms with Gasteiger partial charge in [-0.2, -0.15) is 0 Å². The molecule has 1 aromatic heterocycles. The summed E-state index contributed by atoms with van der Waals surface area (Å²) in [6, 6.07) is 10.5. The van der Waals surface area contributed by atoms with Gasteiger partial charge in [0.15, 0.2) is 0 Å². The van der Waals surface area contributed by atoms with Gasteiger partial charge >= 0.3 is 0 Å². The molecule has 100 valence electrons. The summed E-state index contributed by atoms with van der Waals surface area (Å²) in [5.41, 5.74) is 7.90. The Bertz CT molecular complexity index is 568. The van der Waals surface area contributed by atoms with E-state index < -0.39 is 0 Å². The molecule has 1 aromatic carbocycles. The van der Waals surface area contributed by atoms with Crippen molar-refractivity contribution in [2.24, 2.45) is 5.73 Å². The second-order valence-corrected chi connectivity index (χ2v) is 5.14. The minimum atomic E-state index is 0.584. The third-order valence-electron chi connectivity index (χ3n) is 3.20. The van der Waals surface area contributed by atoms with E-state index >= 15 is 0 Å². The van der Waals surface area contributed by atoms with Gasteiger partial charge in [0.1, 0.15) is 0 Å². The van der Waals surface area contributed by atoms with Gasteiger partial charge in [0.2, 0.25) is 0 Å². The topological polar surface area (TPSA) is 42.1 Å². The fourth-order valence-corrected chi connectivity index (χ4v) is 2.19. The van der Waals surface area contributed by atoms with Crippen molar-refractivity contribution in [1.29, 1.82) is 0 Å². The summed E-state index contributed by atoms with van der Waals surface area (Å²) >= 11 is 4.93. The normalized spacial score (nSPS) is 11.1. The highest BCUT2D eigenvalue weighted by Gasteiger charge is 2.05. The number of nitrogens with two attached hydrogens (primary N) is 1. The second kappa shape index (κ2) is 6.59. The Morgan fingerprint density at radius 2 is 2.21 bits per heavy atom. The summed E-state index contributed by atoms with van der Waals surface area (Å²) in [5, 5.41) is 1.19. The maximum absolute atomic E-state index is 5.56. The molecule has 0 atom stereocenters. The summed E-state index contributed by atoms with van der Waals surface area (Å²) in [5.74, 6) is 0. The molecule has 2 aromatic rings. The van der Waals surface area contributed by atoms with Crippen molar-refractivity contribution >= 4 is 28.1 Å². The molecule has 0 saturated heterocycles. The Kier molecular flexibility index (Phi) is 4.82. The lowest BCUT2D eigenvalue weighted by Gasteiger charge is -2.20. The first-order valence-electron chi connectivity index (χ1n) is 6.53. The van der Waals surface area contributed by atoms with Crippen LogP contribution in [0.15, 0.2) is 36.5 Å². The smallest absolute Gasteiger partial charge is 0.0740 e. The molecule has 0 aliphatic carbocycles. The maximum Gasteiger partial charge on any atom is 0.0740 e. The molecule has 3 nitrogen and oxygen atoms in total. The zero-order valence-electron chi connectivity index (χ0n) is 11.2. The molecule has 4 heteroatoms. The van der Waals surface area contributed by atoms with Crippen molar-refractivity contribution in [2.45, 2.75) is 19.9 Å². The zero-order valence-corrected chi connectivity index (χ0v) is 12.0. The van der Waals surface area contributed by atoms with E-state index in [1.807, 2.05) is 12.3 Å². The van der Waals surface area contributed by atoms with Crippen molar-refractivity contribution in [3.8, 4) is 0 Å². The molecule has 0 amide bonds. The molecule has 2 N–H and O–H groups in total. The van der Waals surface area contributed by atoms with Crippen LogP contribution in [0.1, 0.15) is 18.9 Å². The standard InChI is InChI=1S/C15H19N3S/c1-2-18(9-7-15(16)19)11-12-5-6-14-13(10-12)4-3-8-17-14/h3-6,8,10H,2,7,9,11H2,1H3,(H2,16,19). The van der Waals surface area contributed by atoms with E-state index in [2.05, 4.69) is 41.1 Å². The van der Waals surface area contributed by atoms with Crippen LogP contribution >= 0.6 is 12.2 Å². The lowest BCUT2D eigenvalue weighted by molar-refractivity contribution is 0.289. The second-order valence-electron chi connectivity index (χ2n) is 4.62. The lowest BCUT2D eigenvalue weighted by Crippen LogP contribution is -2.27. The van der Waals surface area contributed by atoms with Crippen LogP contribution in [0.3, 0.4) is 0 Å². The molecular formula is C15H19N3S. The average molecular weight is 273 g/mol. The molecule has 0 bridgehead atoms. The molecule has 0 unspecified atom stereocenters. The van der Waals surface area contributed by atoms with E-state index in [-0.39, 0.29) is 0 Å². The molecular weight excluding hydrogens is 254 g/mol. The van der Waals surface area contributed by atoms with E-state index in [0.717, 1.165) is 31.6 Å². The lowest BCUT2D eigenvalue weighted by atomic mass is 10.1. The molecule has 0 radical (unpaired) electrons. The van der Waals surface area contributed by atoms with Crippen LogP contribution in [0, 0.1) is 0 Å². The van der Waals surface area contributed by atoms with Gasteiger partial charge in [-0.1, -0.05) is 31.3 Å². The summed E-state index contributed by atoms with van der Waals surface area (Å²) in [6.07, 6.45) is 2.60. The van der Waals surface area contributed by atoms with E-state index in [4.69, 9.17) is 18.0 Å². The predicted molar refractivity (Wildman–Crippen MR) is 84.1 cm³/mol. The fraction of sp³-hybridized carbons (Fsp3) is 0.333. The fourth-order valence-electron chi connectivity index (χ4n) is 2.10. The first kappa shape index (κ1) is 13.9.